The third kappa shape index (κ3) is 6.03. The van der Waals surface area contributed by atoms with Crippen molar-refractivity contribution in [1.29, 1.82) is 0 Å². The molecule has 4 nitrogen and oxygen atoms in total. The summed E-state index contributed by atoms with van der Waals surface area (Å²) in [5.74, 6) is 0.803. The van der Waals surface area contributed by atoms with Crippen molar-refractivity contribution < 1.29 is 0 Å². The smallest absolute Gasteiger partial charge is 0.180 e. The van der Waals surface area contributed by atoms with Crippen molar-refractivity contribution in [3.05, 3.63) is 71.3 Å². The molecule has 0 unspecified atom stereocenters. The number of benzene rings is 2. The van der Waals surface area contributed by atoms with Crippen LogP contribution in [0.2, 0.25) is 0 Å². The Morgan fingerprint density at radius 2 is 1.80 bits per heavy atom. The predicted octanol–water partition coefficient (Wildman–Crippen LogP) is 3.86. The highest BCUT2D eigenvalue weighted by atomic mass is 32.2. The molecule has 1 aliphatic heterocycles. The largest absolute Gasteiger partial charge is 0.377 e. The zero-order valence-electron chi connectivity index (χ0n) is 14.3. The summed E-state index contributed by atoms with van der Waals surface area (Å²) < 4.78 is 0. The van der Waals surface area contributed by atoms with E-state index in [1.54, 1.807) is 6.21 Å². The van der Waals surface area contributed by atoms with E-state index in [0.29, 0.717) is 5.17 Å². The molecule has 3 rings (SSSR count). The number of nitrogens with two attached hydrogens (primary N) is 1. The fraction of sp³-hybridized carbons (Fsp3) is 0.300. The lowest BCUT2D eigenvalue weighted by molar-refractivity contribution is 0.331. The van der Waals surface area contributed by atoms with Gasteiger partial charge in [-0.25, -0.2) is 0 Å². The van der Waals surface area contributed by atoms with Crippen LogP contribution in [0.3, 0.4) is 0 Å². The number of likely N-dealkylation sites (tertiary alicyclic amines) is 1. The van der Waals surface area contributed by atoms with Gasteiger partial charge in [-0.15, -0.1) is 5.10 Å². The van der Waals surface area contributed by atoms with Gasteiger partial charge in [0.05, 0.1) is 6.21 Å². The van der Waals surface area contributed by atoms with E-state index in [1.807, 2.05) is 24.3 Å². The molecule has 2 N–H and O–H groups in total. The minimum Gasteiger partial charge on any atom is -0.377 e. The summed E-state index contributed by atoms with van der Waals surface area (Å²) in [5.41, 5.74) is 9.52. The summed E-state index contributed by atoms with van der Waals surface area (Å²) in [7, 11) is 0. The summed E-state index contributed by atoms with van der Waals surface area (Å²) in [6.45, 7) is 3.43. The van der Waals surface area contributed by atoms with Crippen molar-refractivity contribution in [2.24, 2.45) is 15.9 Å². The van der Waals surface area contributed by atoms with E-state index >= 15 is 0 Å². The van der Waals surface area contributed by atoms with Gasteiger partial charge in [0.1, 0.15) is 0 Å². The Bertz CT molecular complexity index is 721. The minimum atomic E-state index is 0.480. The van der Waals surface area contributed by atoms with E-state index in [9.17, 15) is 0 Å². The second-order valence-electron chi connectivity index (χ2n) is 6.19. The van der Waals surface area contributed by atoms with Crippen LogP contribution in [0, 0.1) is 0 Å². The molecule has 1 aliphatic rings. The second kappa shape index (κ2) is 9.39. The zero-order chi connectivity index (χ0) is 17.3. The van der Waals surface area contributed by atoms with Gasteiger partial charge in [-0.2, -0.15) is 5.10 Å². The first-order chi connectivity index (χ1) is 12.3. The second-order valence-corrected chi connectivity index (χ2v) is 7.18. The van der Waals surface area contributed by atoms with Gasteiger partial charge in [0.2, 0.25) is 0 Å². The molecule has 1 fully saturated rings. The first-order valence-electron chi connectivity index (χ1n) is 8.64. The van der Waals surface area contributed by atoms with Crippen molar-refractivity contribution in [2.45, 2.75) is 25.1 Å². The maximum Gasteiger partial charge on any atom is 0.180 e. The van der Waals surface area contributed by atoms with Crippen molar-refractivity contribution in [1.82, 2.24) is 4.90 Å². The van der Waals surface area contributed by atoms with Crippen molar-refractivity contribution in [3.63, 3.8) is 0 Å². The van der Waals surface area contributed by atoms with Gasteiger partial charge < -0.3 is 5.73 Å². The molecular formula is C20H24N4S. The molecular weight excluding hydrogens is 328 g/mol. The van der Waals surface area contributed by atoms with Crippen LogP contribution < -0.4 is 5.73 Å². The molecule has 2 aromatic carbocycles. The molecule has 1 heterocycles. The Kier molecular flexibility index (Phi) is 6.65. The first-order valence-corrected chi connectivity index (χ1v) is 9.63. The van der Waals surface area contributed by atoms with Crippen LogP contribution in [-0.2, 0) is 12.3 Å². The Labute approximate surface area is 153 Å². The van der Waals surface area contributed by atoms with E-state index < -0.39 is 0 Å². The molecule has 0 amide bonds. The number of rotatable bonds is 6. The van der Waals surface area contributed by atoms with Gasteiger partial charge in [0, 0.05) is 12.3 Å². The normalized spacial score (nSPS) is 15.9. The SMILES string of the molecule is NC(=NN=Cc1cccc(CN2CCCC2)c1)SCc1ccccc1. The highest BCUT2D eigenvalue weighted by Crippen LogP contribution is 2.14. The van der Waals surface area contributed by atoms with Gasteiger partial charge in [-0.3, -0.25) is 4.90 Å². The Hall–Kier alpha value is -2.11. The highest BCUT2D eigenvalue weighted by molar-refractivity contribution is 8.13. The highest BCUT2D eigenvalue weighted by Gasteiger charge is 2.11. The molecule has 2 aromatic rings. The van der Waals surface area contributed by atoms with E-state index in [0.717, 1.165) is 17.9 Å². The Balaban J connectivity index is 1.52. The molecule has 5 heteroatoms. The standard InChI is InChI=1S/C20H24N4S/c21-20(25-16-17-7-2-1-3-8-17)23-22-14-18-9-6-10-19(13-18)15-24-11-4-5-12-24/h1-3,6-10,13-14H,4-5,11-12,15-16H2,(H2,21,23). The van der Waals surface area contributed by atoms with Gasteiger partial charge in [0.15, 0.2) is 5.17 Å². The monoisotopic (exact) mass is 352 g/mol. The molecule has 0 atom stereocenters. The van der Waals surface area contributed by atoms with Crippen LogP contribution in [0.15, 0.2) is 64.8 Å². The van der Waals surface area contributed by atoms with E-state index in [4.69, 9.17) is 5.73 Å². The van der Waals surface area contributed by atoms with Crippen molar-refractivity contribution in [2.75, 3.05) is 13.1 Å². The minimum absolute atomic E-state index is 0.480. The van der Waals surface area contributed by atoms with Gasteiger partial charge >= 0.3 is 0 Å². The first kappa shape index (κ1) is 17.7. The maximum atomic E-state index is 5.92. The topological polar surface area (TPSA) is 54.0 Å². The number of hydrogen-bond acceptors (Lipinski definition) is 4. The lowest BCUT2D eigenvalue weighted by Gasteiger charge is -2.14. The number of nitrogens with zero attached hydrogens (tertiary/aromatic N) is 3. The summed E-state index contributed by atoms with van der Waals surface area (Å²) in [5, 5.41) is 8.69. The van der Waals surface area contributed by atoms with E-state index in [-0.39, 0.29) is 0 Å². The maximum absolute atomic E-state index is 5.92. The average Bonchev–Trinajstić information content (AvgIpc) is 3.14. The summed E-state index contributed by atoms with van der Waals surface area (Å²) in [6.07, 6.45) is 4.40. The summed E-state index contributed by atoms with van der Waals surface area (Å²) in [6, 6.07) is 18.7. The van der Waals surface area contributed by atoms with Crippen LogP contribution in [0.25, 0.3) is 0 Å². The number of thioether (sulfide) groups is 1. The third-order valence-electron chi connectivity index (χ3n) is 4.15. The van der Waals surface area contributed by atoms with Crippen LogP contribution in [0.4, 0.5) is 0 Å². The van der Waals surface area contributed by atoms with Gasteiger partial charge in [-0.1, -0.05) is 60.3 Å². The quantitative estimate of drug-likeness (QED) is 0.488. The number of hydrogen-bond donors (Lipinski definition) is 1. The average molecular weight is 353 g/mol. The lowest BCUT2D eigenvalue weighted by atomic mass is 10.1. The molecule has 130 valence electrons. The predicted molar refractivity (Wildman–Crippen MR) is 108 cm³/mol. The Morgan fingerprint density at radius 3 is 2.60 bits per heavy atom. The third-order valence-corrected chi connectivity index (χ3v) is 5.00. The van der Waals surface area contributed by atoms with E-state index in [2.05, 4.69) is 45.4 Å². The molecule has 25 heavy (non-hydrogen) atoms. The number of amidine groups is 1. The van der Waals surface area contributed by atoms with Crippen molar-refractivity contribution in [3.8, 4) is 0 Å². The molecule has 0 aliphatic carbocycles. The molecule has 0 spiro atoms. The molecule has 0 bridgehead atoms. The molecule has 0 radical (unpaired) electrons. The molecule has 0 saturated carbocycles. The fourth-order valence-electron chi connectivity index (χ4n) is 2.88. The van der Waals surface area contributed by atoms with Crippen molar-refractivity contribution >= 4 is 23.1 Å². The van der Waals surface area contributed by atoms with Gasteiger partial charge in [0.25, 0.3) is 0 Å². The molecule has 1 saturated heterocycles. The Morgan fingerprint density at radius 1 is 1.04 bits per heavy atom. The fourth-order valence-corrected chi connectivity index (χ4v) is 3.50. The van der Waals surface area contributed by atoms with E-state index in [1.165, 1.54) is 48.8 Å². The molecule has 0 aromatic heterocycles. The van der Waals surface area contributed by atoms with Crippen LogP contribution in [0.1, 0.15) is 29.5 Å². The van der Waals surface area contributed by atoms with Crippen LogP contribution in [0.5, 0.6) is 0 Å². The summed E-state index contributed by atoms with van der Waals surface area (Å²) >= 11 is 1.50. The summed E-state index contributed by atoms with van der Waals surface area (Å²) in [4.78, 5) is 2.49. The van der Waals surface area contributed by atoms with Crippen LogP contribution >= 0.6 is 11.8 Å². The van der Waals surface area contributed by atoms with Gasteiger partial charge in [-0.05, 0) is 48.7 Å². The van der Waals surface area contributed by atoms with Crippen LogP contribution in [-0.4, -0.2) is 29.4 Å². The lowest BCUT2D eigenvalue weighted by Crippen LogP contribution is -2.18. The zero-order valence-corrected chi connectivity index (χ0v) is 15.2.